The van der Waals surface area contributed by atoms with E-state index >= 15 is 0 Å². The smallest absolute Gasteiger partial charge is 0.214 e. The fourth-order valence-corrected chi connectivity index (χ4v) is 3.27. The van der Waals surface area contributed by atoms with E-state index in [1.807, 2.05) is 19.1 Å². The van der Waals surface area contributed by atoms with Crippen molar-refractivity contribution in [3.05, 3.63) is 83.0 Å². The Morgan fingerprint density at radius 1 is 1.23 bits per heavy atom. The monoisotopic (exact) mass is 436 g/mol. The maximum Gasteiger partial charge on any atom is 0.214 e. The van der Waals surface area contributed by atoms with Crippen molar-refractivity contribution < 1.29 is 9.18 Å². The Morgan fingerprint density at radius 2 is 2.06 bits per heavy atom. The van der Waals surface area contributed by atoms with E-state index in [0.717, 1.165) is 11.3 Å². The van der Waals surface area contributed by atoms with Gasteiger partial charge in [0.15, 0.2) is 17.3 Å². The molecule has 0 unspecified atom stereocenters. The second kappa shape index (κ2) is 8.61. The Hall–Kier alpha value is -3.65. The normalized spacial score (nSPS) is 12.4. The standard InChI is InChI=1S/C22H18ClFN6O/c1-14-4-3-8-25-19(14)7-9-29(13-31)15(2)21-27-28-22-18(24)10-16(12-30(21)22)20-6-5-17(23)11-26-20/h3-13,15H,1-2H3/b9-7-/t15-/m1/s1. The van der Waals surface area contributed by atoms with Gasteiger partial charge in [0.05, 0.1) is 22.5 Å². The summed E-state index contributed by atoms with van der Waals surface area (Å²) >= 11 is 5.90. The third-order valence-electron chi connectivity index (χ3n) is 4.91. The number of nitrogens with zero attached hydrogens (tertiary/aromatic N) is 6. The minimum absolute atomic E-state index is 0.0648. The summed E-state index contributed by atoms with van der Waals surface area (Å²) in [5, 5.41) is 8.57. The van der Waals surface area contributed by atoms with E-state index in [0.29, 0.717) is 28.5 Å². The first-order valence-electron chi connectivity index (χ1n) is 9.46. The van der Waals surface area contributed by atoms with Crippen molar-refractivity contribution in [3.8, 4) is 11.3 Å². The van der Waals surface area contributed by atoms with Crippen molar-refractivity contribution in [1.29, 1.82) is 0 Å². The predicted molar refractivity (Wildman–Crippen MR) is 116 cm³/mol. The maximum absolute atomic E-state index is 14.7. The number of hydrogen-bond acceptors (Lipinski definition) is 5. The molecule has 0 aliphatic rings. The zero-order valence-electron chi connectivity index (χ0n) is 16.8. The molecular formula is C22H18ClFN6O. The van der Waals surface area contributed by atoms with Crippen LogP contribution in [-0.4, -0.2) is 35.9 Å². The van der Waals surface area contributed by atoms with Crippen molar-refractivity contribution in [2.45, 2.75) is 19.9 Å². The molecule has 0 saturated heterocycles. The number of rotatable bonds is 6. The van der Waals surface area contributed by atoms with Crippen molar-refractivity contribution in [2.24, 2.45) is 0 Å². The van der Waals surface area contributed by atoms with E-state index in [9.17, 15) is 9.18 Å². The van der Waals surface area contributed by atoms with E-state index in [4.69, 9.17) is 11.6 Å². The molecule has 0 aromatic carbocycles. The number of fused-ring (bicyclic) bond motifs is 1. The summed E-state index contributed by atoms with van der Waals surface area (Å²) < 4.78 is 16.2. The van der Waals surface area contributed by atoms with E-state index < -0.39 is 11.9 Å². The second-order valence-electron chi connectivity index (χ2n) is 6.94. The van der Waals surface area contributed by atoms with E-state index in [1.165, 1.54) is 21.6 Å². The number of pyridine rings is 3. The quantitative estimate of drug-likeness (QED) is 0.416. The largest absolute Gasteiger partial charge is 0.311 e. The third-order valence-corrected chi connectivity index (χ3v) is 5.13. The average Bonchev–Trinajstić information content (AvgIpc) is 3.20. The van der Waals surface area contributed by atoms with E-state index in [-0.39, 0.29) is 5.65 Å². The molecule has 4 aromatic rings. The molecule has 0 aliphatic heterocycles. The minimum atomic E-state index is -0.544. The second-order valence-corrected chi connectivity index (χ2v) is 7.38. The highest BCUT2D eigenvalue weighted by Crippen LogP contribution is 2.25. The van der Waals surface area contributed by atoms with Crippen LogP contribution >= 0.6 is 11.6 Å². The molecule has 0 saturated carbocycles. The lowest BCUT2D eigenvalue weighted by Crippen LogP contribution is -2.21. The van der Waals surface area contributed by atoms with E-state index in [1.54, 1.807) is 43.7 Å². The molecule has 0 spiro atoms. The average molecular weight is 437 g/mol. The summed E-state index contributed by atoms with van der Waals surface area (Å²) in [4.78, 5) is 21.7. The lowest BCUT2D eigenvalue weighted by molar-refractivity contribution is -0.117. The first kappa shape index (κ1) is 20.6. The molecule has 4 heterocycles. The highest BCUT2D eigenvalue weighted by Gasteiger charge is 2.21. The van der Waals surface area contributed by atoms with Gasteiger partial charge in [-0.2, -0.15) is 0 Å². The molecule has 1 amide bonds. The Kier molecular flexibility index (Phi) is 5.73. The number of halogens is 2. The number of carbonyl (C=O) groups is 1. The molecular weight excluding hydrogens is 419 g/mol. The first-order valence-corrected chi connectivity index (χ1v) is 9.84. The van der Waals surface area contributed by atoms with Gasteiger partial charge in [-0.15, -0.1) is 10.2 Å². The summed E-state index contributed by atoms with van der Waals surface area (Å²) in [5.74, 6) is -0.142. The summed E-state index contributed by atoms with van der Waals surface area (Å²) in [7, 11) is 0. The van der Waals surface area contributed by atoms with Crippen molar-refractivity contribution in [3.63, 3.8) is 0 Å². The van der Waals surface area contributed by atoms with Gasteiger partial charge in [-0.1, -0.05) is 17.7 Å². The first-order chi connectivity index (χ1) is 15.0. The van der Waals surface area contributed by atoms with Crippen molar-refractivity contribution in [2.75, 3.05) is 0 Å². The SMILES string of the molecule is Cc1cccnc1/C=C\N(C=O)[C@H](C)c1nnc2c(F)cc(-c3ccc(Cl)cn3)cn12. The summed E-state index contributed by atoms with van der Waals surface area (Å²) in [6.45, 7) is 3.72. The van der Waals surface area contributed by atoms with E-state index in [2.05, 4.69) is 20.2 Å². The number of amides is 1. The molecule has 4 aromatic heterocycles. The lowest BCUT2D eigenvalue weighted by atomic mass is 10.2. The molecule has 31 heavy (non-hydrogen) atoms. The van der Waals surface area contributed by atoms with Crippen LogP contribution < -0.4 is 0 Å². The molecule has 7 nitrogen and oxygen atoms in total. The number of hydrogen-bond donors (Lipinski definition) is 0. The summed E-state index contributed by atoms with van der Waals surface area (Å²) in [6, 6.07) is 7.99. The molecule has 156 valence electrons. The topological polar surface area (TPSA) is 76.3 Å². The van der Waals surface area contributed by atoms with Crippen LogP contribution in [0, 0.1) is 12.7 Å². The lowest BCUT2D eigenvalue weighted by Gasteiger charge is -2.20. The van der Waals surface area contributed by atoms with Gasteiger partial charge in [-0.05, 0) is 49.8 Å². The van der Waals surface area contributed by atoms with Gasteiger partial charge in [-0.25, -0.2) is 4.39 Å². The van der Waals surface area contributed by atoms with Gasteiger partial charge >= 0.3 is 0 Å². The molecule has 0 fully saturated rings. The van der Waals surface area contributed by atoms with Crippen molar-refractivity contribution >= 4 is 29.7 Å². The van der Waals surface area contributed by atoms with Gasteiger partial charge in [0.1, 0.15) is 0 Å². The molecule has 4 rings (SSSR count). The fraction of sp³-hybridized carbons (Fsp3) is 0.136. The van der Waals surface area contributed by atoms with Gasteiger partial charge in [0, 0.05) is 30.4 Å². The third kappa shape index (κ3) is 4.15. The summed E-state index contributed by atoms with van der Waals surface area (Å²) in [6.07, 6.45) is 8.91. The predicted octanol–water partition coefficient (Wildman–Crippen LogP) is 4.48. The van der Waals surface area contributed by atoms with Gasteiger partial charge < -0.3 is 4.90 Å². The van der Waals surface area contributed by atoms with Crippen LogP contribution in [0.5, 0.6) is 0 Å². The van der Waals surface area contributed by atoms with Crippen LogP contribution in [0.1, 0.15) is 30.0 Å². The molecule has 9 heteroatoms. The Bertz CT molecular complexity index is 1270. The van der Waals surface area contributed by atoms with Crippen LogP contribution in [0.25, 0.3) is 23.0 Å². The molecule has 0 N–H and O–H groups in total. The molecule has 0 aliphatic carbocycles. The maximum atomic E-state index is 14.7. The summed E-state index contributed by atoms with van der Waals surface area (Å²) in [5.41, 5.74) is 2.87. The van der Waals surface area contributed by atoms with Crippen LogP contribution in [0.2, 0.25) is 5.02 Å². The molecule has 1 atom stereocenters. The Morgan fingerprint density at radius 3 is 2.77 bits per heavy atom. The number of aromatic nitrogens is 5. The molecule has 0 bridgehead atoms. The Labute approximate surface area is 182 Å². The molecule has 0 radical (unpaired) electrons. The highest BCUT2D eigenvalue weighted by atomic mass is 35.5. The van der Waals surface area contributed by atoms with Crippen molar-refractivity contribution in [1.82, 2.24) is 29.5 Å². The fourth-order valence-electron chi connectivity index (χ4n) is 3.16. The zero-order chi connectivity index (χ0) is 22.0. The van der Waals surface area contributed by atoms with Crippen LogP contribution in [0.15, 0.2) is 55.1 Å². The number of aryl methyl sites for hydroxylation is 1. The number of carbonyl (C=O) groups excluding carboxylic acids is 1. The van der Waals surface area contributed by atoms with Gasteiger partial charge in [0.2, 0.25) is 6.41 Å². The van der Waals surface area contributed by atoms with Gasteiger partial charge in [0.25, 0.3) is 0 Å². The van der Waals surface area contributed by atoms with Crippen LogP contribution in [-0.2, 0) is 4.79 Å². The highest BCUT2D eigenvalue weighted by molar-refractivity contribution is 6.30. The van der Waals surface area contributed by atoms with Gasteiger partial charge in [-0.3, -0.25) is 19.2 Å². The van der Waals surface area contributed by atoms with Crippen LogP contribution in [0.4, 0.5) is 4.39 Å². The minimum Gasteiger partial charge on any atom is -0.311 e. The Balaban J connectivity index is 1.71. The van der Waals surface area contributed by atoms with Crippen LogP contribution in [0.3, 0.4) is 0 Å². The zero-order valence-corrected chi connectivity index (χ0v) is 17.5.